The van der Waals surface area contributed by atoms with Crippen LogP contribution in [0.5, 0.6) is 0 Å². The van der Waals surface area contributed by atoms with Gasteiger partial charge in [-0.25, -0.2) is 0 Å². The van der Waals surface area contributed by atoms with Gasteiger partial charge in [-0.3, -0.25) is 4.21 Å². The van der Waals surface area contributed by atoms with Crippen molar-refractivity contribution in [1.82, 2.24) is 0 Å². The average Bonchev–Trinajstić information content (AvgIpc) is 2.74. The van der Waals surface area contributed by atoms with E-state index in [4.69, 9.17) is 4.43 Å². The molecule has 0 amide bonds. The third kappa shape index (κ3) is 12.0. The number of benzene rings is 1. The van der Waals surface area contributed by atoms with Crippen LogP contribution in [0.25, 0.3) is 0 Å². The molecule has 0 saturated carbocycles. The van der Waals surface area contributed by atoms with Crippen molar-refractivity contribution in [1.29, 1.82) is 0 Å². The van der Waals surface area contributed by atoms with E-state index in [9.17, 15) is 9.32 Å². The van der Waals surface area contributed by atoms with E-state index in [2.05, 4.69) is 46.9 Å². The fourth-order valence-corrected chi connectivity index (χ4v) is 6.10. The minimum absolute atomic E-state index is 0.0250. The van der Waals surface area contributed by atoms with Crippen molar-refractivity contribution in [2.45, 2.75) is 128 Å². The zero-order chi connectivity index (χ0) is 24.9. The topological polar surface area (TPSA) is 46.5 Å². The summed E-state index contributed by atoms with van der Waals surface area (Å²) < 4.78 is 19.6. The van der Waals surface area contributed by atoms with Gasteiger partial charge >= 0.3 is 0 Å². The molecule has 1 aromatic carbocycles. The summed E-state index contributed by atoms with van der Waals surface area (Å²) >= 11 is 0. The summed E-state index contributed by atoms with van der Waals surface area (Å²) in [6.45, 7) is 15.2. The highest BCUT2D eigenvalue weighted by molar-refractivity contribution is 7.85. The van der Waals surface area contributed by atoms with Gasteiger partial charge in [0.25, 0.3) is 0 Å². The van der Waals surface area contributed by atoms with E-state index in [0.29, 0.717) is 5.75 Å². The highest BCUT2D eigenvalue weighted by atomic mass is 32.2. The summed E-state index contributed by atoms with van der Waals surface area (Å²) in [5, 5.41) is 11.0. The highest BCUT2D eigenvalue weighted by Gasteiger charge is 2.40. The molecule has 1 rings (SSSR count). The molecule has 1 aromatic rings. The number of hydrogen-bond donors (Lipinski definition) is 1. The normalized spacial score (nSPS) is 15.6. The molecule has 190 valence electrons. The third-order valence-corrected chi connectivity index (χ3v) is 12.7. The van der Waals surface area contributed by atoms with Gasteiger partial charge in [0.05, 0.1) is 28.8 Å². The maximum atomic E-state index is 13.1. The smallest absolute Gasteiger partial charge is 0.192 e. The third-order valence-electron chi connectivity index (χ3n) is 6.79. The van der Waals surface area contributed by atoms with Crippen molar-refractivity contribution in [3.63, 3.8) is 0 Å². The first-order valence-corrected chi connectivity index (χ1v) is 17.2. The molecular formula is C28H50O3SSi. The molecule has 0 heterocycles. The molecule has 0 saturated heterocycles. The molecule has 1 N–H and O–H groups in total. The van der Waals surface area contributed by atoms with Crippen LogP contribution in [0, 0.1) is 6.92 Å². The molecule has 0 aliphatic carbocycles. The van der Waals surface area contributed by atoms with Gasteiger partial charge in [0.2, 0.25) is 0 Å². The van der Waals surface area contributed by atoms with Gasteiger partial charge in [-0.1, -0.05) is 102 Å². The second-order valence-electron chi connectivity index (χ2n) is 10.9. The van der Waals surface area contributed by atoms with E-state index in [0.717, 1.165) is 23.3 Å². The summed E-state index contributed by atoms with van der Waals surface area (Å²) in [5.41, 5.74) is 1.15. The Hall–Kier alpha value is -0.753. The van der Waals surface area contributed by atoms with Gasteiger partial charge in [0, 0.05) is 4.90 Å². The van der Waals surface area contributed by atoms with Gasteiger partial charge in [-0.05, 0) is 50.0 Å². The van der Waals surface area contributed by atoms with Crippen LogP contribution in [0.4, 0.5) is 0 Å². The number of aryl methyl sites for hydroxylation is 1. The van der Waals surface area contributed by atoms with E-state index in [1.54, 1.807) is 0 Å². The molecule has 0 aliphatic heterocycles. The van der Waals surface area contributed by atoms with Gasteiger partial charge in [-0.15, -0.1) is 0 Å². The lowest BCUT2D eigenvalue weighted by Gasteiger charge is -2.40. The highest BCUT2D eigenvalue weighted by Crippen LogP contribution is 2.38. The first-order chi connectivity index (χ1) is 15.5. The number of hydrogen-bond acceptors (Lipinski definition) is 3. The number of unbranched alkanes of at least 4 members (excludes halogenated alkanes) is 8. The van der Waals surface area contributed by atoms with Crippen molar-refractivity contribution >= 4 is 19.1 Å². The molecule has 3 atom stereocenters. The summed E-state index contributed by atoms with van der Waals surface area (Å²) in [4.78, 5) is 0.791. The van der Waals surface area contributed by atoms with Crippen molar-refractivity contribution in [2.24, 2.45) is 0 Å². The molecule has 5 heteroatoms. The van der Waals surface area contributed by atoms with E-state index in [1.807, 2.05) is 37.3 Å². The predicted octanol–water partition coefficient (Wildman–Crippen LogP) is 7.94. The van der Waals surface area contributed by atoms with E-state index >= 15 is 0 Å². The first kappa shape index (κ1) is 30.3. The molecule has 0 radical (unpaired) electrons. The second-order valence-corrected chi connectivity index (χ2v) is 17.2. The molecular weight excluding hydrogens is 444 g/mol. The Bertz CT molecular complexity index is 707. The van der Waals surface area contributed by atoms with Crippen molar-refractivity contribution < 1.29 is 13.7 Å². The van der Waals surface area contributed by atoms with Crippen LogP contribution in [0.15, 0.2) is 41.3 Å². The molecule has 0 aliphatic rings. The zero-order valence-electron chi connectivity index (χ0n) is 22.4. The minimum atomic E-state index is -2.12. The van der Waals surface area contributed by atoms with E-state index in [1.165, 1.54) is 44.9 Å². The van der Waals surface area contributed by atoms with Crippen molar-refractivity contribution in [2.75, 3.05) is 5.75 Å². The molecule has 3 nitrogen and oxygen atoms in total. The maximum absolute atomic E-state index is 13.1. The summed E-state index contributed by atoms with van der Waals surface area (Å²) in [5.74, 6) is 0.304. The molecule has 0 bridgehead atoms. The van der Waals surface area contributed by atoms with Crippen LogP contribution in [0.1, 0.15) is 91.0 Å². The number of aliphatic hydroxyl groups is 1. The molecule has 0 aromatic heterocycles. The van der Waals surface area contributed by atoms with E-state index in [-0.39, 0.29) is 5.04 Å². The second kappa shape index (κ2) is 15.3. The van der Waals surface area contributed by atoms with Crippen molar-refractivity contribution in [3.05, 3.63) is 42.0 Å². The van der Waals surface area contributed by atoms with Gasteiger partial charge in [-0.2, -0.15) is 0 Å². The Labute approximate surface area is 208 Å². The van der Waals surface area contributed by atoms with Crippen LogP contribution in [-0.2, 0) is 15.2 Å². The van der Waals surface area contributed by atoms with Crippen LogP contribution in [0.3, 0.4) is 0 Å². The van der Waals surface area contributed by atoms with E-state index < -0.39 is 31.3 Å². The summed E-state index contributed by atoms with van der Waals surface area (Å²) in [7, 11) is -3.33. The average molecular weight is 495 g/mol. The summed E-state index contributed by atoms with van der Waals surface area (Å²) in [6.07, 6.45) is 14.1. The maximum Gasteiger partial charge on any atom is 0.192 e. The Balaban J connectivity index is 2.67. The van der Waals surface area contributed by atoms with Crippen LogP contribution < -0.4 is 0 Å². The number of rotatable bonds is 16. The zero-order valence-corrected chi connectivity index (χ0v) is 24.2. The SMILES string of the molecule is CCCCCCCCCC/C=C\[C@@H](O)[C@@H](CS(=O)c1ccc(C)cc1)O[Si](C)(C)C(C)(C)C. The number of aliphatic hydroxyl groups excluding tert-OH is 1. The van der Waals surface area contributed by atoms with Crippen LogP contribution in [-0.4, -0.2) is 35.6 Å². The Morgan fingerprint density at radius 2 is 1.55 bits per heavy atom. The lowest BCUT2D eigenvalue weighted by Crippen LogP contribution is -2.48. The molecule has 1 unspecified atom stereocenters. The molecule has 0 fully saturated rings. The van der Waals surface area contributed by atoms with Crippen LogP contribution in [0.2, 0.25) is 18.1 Å². The monoisotopic (exact) mass is 494 g/mol. The first-order valence-electron chi connectivity index (χ1n) is 13.0. The Morgan fingerprint density at radius 1 is 1.00 bits per heavy atom. The summed E-state index contributed by atoms with van der Waals surface area (Å²) in [6, 6.07) is 7.80. The van der Waals surface area contributed by atoms with Gasteiger partial charge in [0.15, 0.2) is 8.32 Å². The molecule has 33 heavy (non-hydrogen) atoms. The number of allylic oxidation sites excluding steroid dienone is 1. The fourth-order valence-electron chi connectivity index (χ4n) is 3.45. The Kier molecular flexibility index (Phi) is 14.0. The largest absolute Gasteiger partial charge is 0.410 e. The van der Waals surface area contributed by atoms with Gasteiger partial charge < -0.3 is 9.53 Å². The van der Waals surface area contributed by atoms with Crippen molar-refractivity contribution in [3.8, 4) is 0 Å². The van der Waals surface area contributed by atoms with Gasteiger partial charge in [0.1, 0.15) is 0 Å². The lowest BCUT2D eigenvalue weighted by atomic mass is 10.1. The van der Waals surface area contributed by atoms with Crippen LogP contribution >= 0.6 is 0 Å². The lowest BCUT2D eigenvalue weighted by molar-refractivity contribution is 0.0716. The quantitative estimate of drug-likeness (QED) is 0.144. The minimum Gasteiger partial charge on any atom is -0.410 e. The fraction of sp³-hybridized carbons (Fsp3) is 0.714. The molecule has 0 spiro atoms. The predicted molar refractivity (Wildman–Crippen MR) is 147 cm³/mol. The standard InChI is InChI=1S/C28H50O3SSi/c1-8-9-10-11-12-13-14-15-16-17-18-26(29)27(31-33(6,7)28(3,4)5)23-32(30)25-21-19-24(2)20-22-25/h17-22,26-27,29H,8-16,23H2,1-7H3/b18-17-/t26-,27-,32?/m1/s1. The Morgan fingerprint density at radius 3 is 2.09 bits per heavy atom.